The number of aryl methyl sites for hydroxylation is 1. The Hall–Kier alpha value is -3.45. The van der Waals surface area contributed by atoms with Gasteiger partial charge in [-0.05, 0) is 36.1 Å². The van der Waals surface area contributed by atoms with Gasteiger partial charge in [-0.3, -0.25) is 19.6 Å². The van der Waals surface area contributed by atoms with Crippen LogP contribution >= 0.6 is 11.6 Å². The van der Waals surface area contributed by atoms with Crippen molar-refractivity contribution in [3.8, 4) is 0 Å². The number of hydrogen-bond acceptors (Lipinski definition) is 4. The zero-order chi connectivity index (χ0) is 23.5. The fraction of sp³-hybridized carbons (Fsp3) is 0.280. The van der Waals surface area contributed by atoms with Crippen molar-refractivity contribution in [2.75, 3.05) is 4.90 Å². The van der Waals surface area contributed by atoms with Crippen molar-refractivity contribution < 1.29 is 4.79 Å². The Balaban J connectivity index is 1.75. The van der Waals surface area contributed by atoms with E-state index in [1.165, 1.54) is 4.52 Å². The molecule has 0 fully saturated rings. The van der Waals surface area contributed by atoms with E-state index in [1.54, 1.807) is 11.0 Å². The lowest BCUT2D eigenvalue weighted by molar-refractivity contribution is -0.119. The van der Waals surface area contributed by atoms with Crippen molar-refractivity contribution in [2.45, 2.75) is 40.2 Å². The van der Waals surface area contributed by atoms with Crippen LogP contribution < -0.4 is 10.5 Å². The Kier molecular flexibility index (Phi) is 6.60. The molecule has 33 heavy (non-hydrogen) atoms. The molecule has 0 aliphatic heterocycles. The number of aromatic nitrogens is 4. The molecular weight excluding hydrogens is 438 g/mol. The van der Waals surface area contributed by atoms with Gasteiger partial charge in [0.1, 0.15) is 0 Å². The Morgan fingerprint density at radius 3 is 2.52 bits per heavy atom. The van der Waals surface area contributed by atoms with E-state index in [2.05, 4.69) is 15.1 Å². The summed E-state index contributed by atoms with van der Waals surface area (Å²) in [5.74, 6) is 0.585. The largest absolute Gasteiger partial charge is 0.277 e. The van der Waals surface area contributed by atoms with Crippen LogP contribution in [0.15, 0.2) is 59.4 Å². The van der Waals surface area contributed by atoms with Gasteiger partial charge in [-0.2, -0.15) is 9.50 Å². The first-order valence-electron chi connectivity index (χ1n) is 10.9. The van der Waals surface area contributed by atoms with E-state index in [0.717, 1.165) is 11.1 Å². The minimum absolute atomic E-state index is 0.0988. The molecule has 0 radical (unpaired) electrons. The van der Waals surface area contributed by atoms with Crippen LogP contribution in [0.4, 0.5) is 5.95 Å². The zero-order valence-electron chi connectivity index (χ0n) is 18.9. The molecule has 0 spiro atoms. The fourth-order valence-electron chi connectivity index (χ4n) is 3.73. The summed E-state index contributed by atoms with van der Waals surface area (Å²) < 4.78 is 1.31. The van der Waals surface area contributed by atoms with Gasteiger partial charge >= 0.3 is 0 Å². The predicted octanol–water partition coefficient (Wildman–Crippen LogP) is 4.55. The topological polar surface area (TPSA) is 83.4 Å². The van der Waals surface area contributed by atoms with E-state index in [0.29, 0.717) is 29.1 Å². The smallest absolute Gasteiger partial charge is 0.277 e. The van der Waals surface area contributed by atoms with Gasteiger partial charge in [0.25, 0.3) is 11.3 Å². The van der Waals surface area contributed by atoms with Crippen molar-refractivity contribution in [3.05, 3.63) is 92.4 Å². The normalized spacial score (nSPS) is 11.3. The van der Waals surface area contributed by atoms with Gasteiger partial charge in [-0.15, -0.1) is 0 Å². The van der Waals surface area contributed by atoms with E-state index in [-0.39, 0.29) is 35.7 Å². The van der Waals surface area contributed by atoms with E-state index in [1.807, 2.05) is 69.3 Å². The van der Waals surface area contributed by atoms with Crippen LogP contribution in [0.3, 0.4) is 0 Å². The number of carbonyl (C=O) groups excluding carboxylic acids is 1. The summed E-state index contributed by atoms with van der Waals surface area (Å²) in [6, 6.07) is 17.1. The minimum atomic E-state index is -0.223. The summed E-state index contributed by atoms with van der Waals surface area (Å²) in [5.41, 5.74) is 2.87. The minimum Gasteiger partial charge on any atom is -0.277 e. The number of nitrogens with one attached hydrogen (secondary N) is 1. The second-order valence-electron chi connectivity index (χ2n) is 8.53. The average molecular weight is 464 g/mol. The molecule has 4 aromatic rings. The maximum absolute atomic E-state index is 13.3. The third-order valence-electron chi connectivity index (χ3n) is 5.38. The van der Waals surface area contributed by atoms with Crippen molar-refractivity contribution >= 4 is 29.2 Å². The molecule has 0 unspecified atom stereocenters. The second-order valence-corrected chi connectivity index (χ2v) is 8.97. The van der Waals surface area contributed by atoms with E-state index >= 15 is 0 Å². The molecular formula is C25H26ClN5O2. The molecule has 0 atom stereocenters. The highest BCUT2D eigenvalue weighted by Gasteiger charge is 2.23. The molecule has 170 valence electrons. The van der Waals surface area contributed by atoms with Crippen molar-refractivity contribution in [3.63, 3.8) is 0 Å². The van der Waals surface area contributed by atoms with Gasteiger partial charge in [0.15, 0.2) is 0 Å². The quantitative estimate of drug-likeness (QED) is 0.436. The zero-order valence-corrected chi connectivity index (χ0v) is 19.6. The molecule has 0 aliphatic rings. The summed E-state index contributed by atoms with van der Waals surface area (Å²) in [4.78, 5) is 37.0. The SMILES string of the molecule is Cc1nc2nc(N(Cc3cccc(Cl)c3)C(=O)CC(C)C)[nH]n2c(=O)c1Cc1ccccc1. The van der Waals surface area contributed by atoms with Gasteiger partial charge in [-0.25, -0.2) is 4.98 Å². The average Bonchev–Trinajstić information content (AvgIpc) is 3.19. The fourth-order valence-corrected chi connectivity index (χ4v) is 3.94. The number of rotatable bonds is 7. The van der Waals surface area contributed by atoms with E-state index in [4.69, 9.17) is 11.6 Å². The van der Waals surface area contributed by atoms with Gasteiger partial charge < -0.3 is 0 Å². The van der Waals surface area contributed by atoms with Crippen LogP contribution in [0, 0.1) is 12.8 Å². The van der Waals surface area contributed by atoms with Crippen LogP contribution in [-0.4, -0.2) is 25.5 Å². The standard InChI is InChI=1S/C25H26ClN5O2/c1-16(2)12-22(32)30(15-19-10-7-11-20(26)13-19)25-28-24-27-17(3)21(23(33)31(24)29-25)14-18-8-5-4-6-9-18/h4-11,13,16H,12,14-15H2,1-3H3,(H,27,28,29). The molecule has 2 aromatic carbocycles. The number of hydrogen-bond donors (Lipinski definition) is 1. The lowest BCUT2D eigenvalue weighted by Crippen LogP contribution is -2.32. The molecule has 0 bridgehead atoms. The number of nitrogens with zero attached hydrogens (tertiary/aromatic N) is 4. The predicted molar refractivity (Wildman–Crippen MR) is 130 cm³/mol. The first-order valence-corrected chi connectivity index (χ1v) is 11.3. The van der Waals surface area contributed by atoms with E-state index < -0.39 is 0 Å². The van der Waals surface area contributed by atoms with E-state index in [9.17, 15) is 9.59 Å². The third kappa shape index (κ3) is 5.14. The summed E-state index contributed by atoms with van der Waals surface area (Å²) in [6.45, 7) is 6.05. The summed E-state index contributed by atoms with van der Waals surface area (Å²) in [7, 11) is 0. The number of carbonyl (C=O) groups is 1. The van der Waals surface area contributed by atoms with Crippen molar-refractivity contribution in [1.29, 1.82) is 0 Å². The number of benzene rings is 2. The molecule has 7 nitrogen and oxygen atoms in total. The molecule has 2 heterocycles. The number of H-pyrrole nitrogens is 1. The molecule has 8 heteroatoms. The second kappa shape index (κ2) is 9.58. The summed E-state index contributed by atoms with van der Waals surface area (Å²) >= 11 is 6.14. The van der Waals surface area contributed by atoms with Gasteiger partial charge in [0.2, 0.25) is 11.9 Å². The maximum Gasteiger partial charge on any atom is 0.277 e. The molecule has 0 aliphatic carbocycles. The van der Waals surface area contributed by atoms with Crippen LogP contribution in [0.5, 0.6) is 0 Å². The van der Waals surface area contributed by atoms with Crippen LogP contribution in [0.2, 0.25) is 5.02 Å². The molecule has 1 N–H and O–H groups in total. The van der Waals surface area contributed by atoms with Crippen molar-refractivity contribution in [2.24, 2.45) is 5.92 Å². The molecule has 0 saturated carbocycles. The van der Waals surface area contributed by atoms with Gasteiger partial charge in [-0.1, -0.05) is 67.9 Å². The van der Waals surface area contributed by atoms with Crippen LogP contribution in [0.25, 0.3) is 5.78 Å². The van der Waals surface area contributed by atoms with Gasteiger partial charge in [0, 0.05) is 23.4 Å². The lowest BCUT2D eigenvalue weighted by Gasteiger charge is -2.21. The number of fused-ring (bicyclic) bond motifs is 1. The Bertz CT molecular complexity index is 1340. The maximum atomic E-state index is 13.3. The third-order valence-corrected chi connectivity index (χ3v) is 5.61. The molecule has 0 saturated heterocycles. The monoisotopic (exact) mass is 463 g/mol. The first kappa shape index (κ1) is 22.7. The number of aromatic amines is 1. The highest BCUT2D eigenvalue weighted by molar-refractivity contribution is 6.30. The highest BCUT2D eigenvalue weighted by Crippen LogP contribution is 2.19. The number of anilines is 1. The molecule has 1 amide bonds. The highest BCUT2D eigenvalue weighted by atomic mass is 35.5. The Labute approximate surface area is 197 Å². The van der Waals surface area contributed by atoms with Crippen molar-refractivity contribution in [1.82, 2.24) is 19.6 Å². The Morgan fingerprint density at radius 1 is 1.09 bits per heavy atom. The number of amides is 1. The summed E-state index contributed by atoms with van der Waals surface area (Å²) in [6.07, 6.45) is 0.812. The molecule has 4 rings (SSSR count). The van der Waals surface area contributed by atoms with Crippen LogP contribution in [0.1, 0.15) is 42.7 Å². The van der Waals surface area contributed by atoms with Gasteiger partial charge in [0.05, 0.1) is 12.2 Å². The lowest BCUT2D eigenvalue weighted by atomic mass is 10.1. The van der Waals surface area contributed by atoms with Crippen LogP contribution in [-0.2, 0) is 17.8 Å². The first-order chi connectivity index (χ1) is 15.8. The summed E-state index contributed by atoms with van der Waals surface area (Å²) in [5, 5.41) is 3.60. The number of halogens is 1. The molecule has 2 aromatic heterocycles. The Morgan fingerprint density at radius 2 is 1.82 bits per heavy atom.